The third-order valence-corrected chi connectivity index (χ3v) is 3.90. The van der Waals surface area contributed by atoms with Crippen molar-refractivity contribution < 1.29 is 4.79 Å². The second-order valence-electron chi connectivity index (χ2n) is 4.52. The van der Waals surface area contributed by atoms with E-state index in [0.717, 1.165) is 25.7 Å². The van der Waals surface area contributed by atoms with Gasteiger partial charge in [0.05, 0.1) is 5.41 Å². The number of ketones is 1. The standard InChI is InChI=1S/C13H14O/c14-12-7-9-13(12)8-3-5-10-4-1-2-6-11(10)13/h1-2,4,6H,3,5,7-9H2. The van der Waals surface area contributed by atoms with Gasteiger partial charge in [-0.15, -0.1) is 0 Å². The van der Waals surface area contributed by atoms with Gasteiger partial charge in [0.1, 0.15) is 5.78 Å². The van der Waals surface area contributed by atoms with Gasteiger partial charge in [-0.2, -0.15) is 0 Å². The van der Waals surface area contributed by atoms with Gasteiger partial charge >= 0.3 is 0 Å². The van der Waals surface area contributed by atoms with E-state index in [1.54, 1.807) is 0 Å². The zero-order chi connectivity index (χ0) is 9.60. The Morgan fingerprint density at radius 3 is 2.64 bits per heavy atom. The lowest BCUT2D eigenvalue weighted by molar-refractivity contribution is -0.132. The fourth-order valence-electron chi connectivity index (χ4n) is 3.00. The molecule has 0 aromatic heterocycles. The van der Waals surface area contributed by atoms with E-state index in [2.05, 4.69) is 24.3 Å². The second-order valence-corrected chi connectivity index (χ2v) is 4.52. The summed E-state index contributed by atoms with van der Waals surface area (Å²) in [5.41, 5.74) is 2.70. The molecule has 0 radical (unpaired) electrons. The molecule has 1 aromatic carbocycles. The highest BCUT2D eigenvalue weighted by molar-refractivity contribution is 5.96. The Balaban J connectivity index is 2.15. The first kappa shape index (κ1) is 8.22. The summed E-state index contributed by atoms with van der Waals surface area (Å²) in [7, 11) is 0. The predicted octanol–water partition coefficient (Wildman–Crippen LogP) is 2.62. The fraction of sp³-hybridized carbons (Fsp3) is 0.462. The normalized spacial score (nSPS) is 29.9. The Bertz CT molecular complexity index is 394. The number of aryl methyl sites for hydroxylation is 1. The zero-order valence-electron chi connectivity index (χ0n) is 8.25. The summed E-state index contributed by atoms with van der Waals surface area (Å²) in [6.45, 7) is 0. The van der Waals surface area contributed by atoms with E-state index in [1.807, 2.05) is 0 Å². The maximum absolute atomic E-state index is 11.8. The first-order chi connectivity index (χ1) is 6.83. The number of Topliss-reactive ketones (excluding diaryl/α,β-unsaturated/α-hetero) is 1. The number of hydrogen-bond donors (Lipinski definition) is 0. The Kier molecular flexibility index (Phi) is 1.58. The largest absolute Gasteiger partial charge is 0.299 e. The van der Waals surface area contributed by atoms with Gasteiger partial charge in [-0.3, -0.25) is 4.79 Å². The average Bonchev–Trinajstić information content (AvgIpc) is 2.26. The third kappa shape index (κ3) is 0.875. The van der Waals surface area contributed by atoms with Crippen LogP contribution < -0.4 is 0 Å². The minimum atomic E-state index is -0.0468. The van der Waals surface area contributed by atoms with Crippen molar-refractivity contribution in [1.82, 2.24) is 0 Å². The molecule has 1 fully saturated rings. The van der Waals surface area contributed by atoms with Gasteiger partial charge in [-0.25, -0.2) is 0 Å². The van der Waals surface area contributed by atoms with Crippen molar-refractivity contribution in [3.63, 3.8) is 0 Å². The number of fused-ring (bicyclic) bond motifs is 2. The number of hydrogen-bond acceptors (Lipinski definition) is 1. The summed E-state index contributed by atoms with van der Waals surface area (Å²) < 4.78 is 0. The van der Waals surface area contributed by atoms with Crippen LogP contribution in [0, 0.1) is 0 Å². The van der Waals surface area contributed by atoms with Gasteiger partial charge in [-0.1, -0.05) is 24.3 Å². The quantitative estimate of drug-likeness (QED) is 0.608. The first-order valence-electron chi connectivity index (χ1n) is 5.45. The Labute approximate surface area is 84.1 Å². The smallest absolute Gasteiger partial charge is 0.143 e. The Morgan fingerprint density at radius 1 is 1.07 bits per heavy atom. The van der Waals surface area contributed by atoms with Gasteiger partial charge in [0.2, 0.25) is 0 Å². The van der Waals surface area contributed by atoms with Crippen molar-refractivity contribution in [1.29, 1.82) is 0 Å². The summed E-state index contributed by atoms with van der Waals surface area (Å²) in [6.07, 6.45) is 5.31. The summed E-state index contributed by atoms with van der Waals surface area (Å²) in [5.74, 6) is 0.477. The summed E-state index contributed by atoms with van der Waals surface area (Å²) >= 11 is 0. The second kappa shape index (κ2) is 2.69. The van der Waals surface area contributed by atoms with E-state index in [1.165, 1.54) is 17.5 Å². The highest BCUT2D eigenvalue weighted by Crippen LogP contribution is 2.48. The molecule has 1 nitrogen and oxygen atoms in total. The lowest BCUT2D eigenvalue weighted by atomic mass is 9.57. The molecule has 1 unspecified atom stereocenters. The molecule has 1 atom stereocenters. The monoisotopic (exact) mass is 186 g/mol. The van der Waals surface area contributed by atoms with Crippen LogP contribution in [0.4, 0.5) is 0 Å². The van der Waals surface area contributed by atoms with E-state index >= 15 is 0 Å². The maximum atomic E-state index is 11.8. The Morgan fingerprint density at radius 2 is 1.93 bits per heavy atom. The summed E-state index contributed by atoms with van der Waals surface area (Å²) in [6, 6.07) is 8.49. The van der Waals surface area contributed by atoms with Crippen LogP contribution in [0.5, 0.6) is 0 Å². The van der Waals surface area contributed by atoms with Crippen LogP contribution in [0.2, 0.25) is 0 Å². The molecule has 0 amide bonds. The van der Waals surface area contributed by atoms with Crippen LogP contribution in [0.3, 0.4) is 0 Å². The highest BCUT2D eigenvalue weighted by Gasteiger charge is 2.48. The number of benzene rings is 1. The van der Waals surface area contributed by atoms with E-state index in [4.69, 9.17) is 0 Å². The van der Waals surface area contributed by atoms with Crippen molar-refractivity contribution in [2.24, 2.45) is 0 Å². The minimum absolute atomic E-state index is 0.0468. The third-order valence-electron chi connectivity index (χ3n) is 3.90. The molecule has 0 heterocycles. The summed E-state index contributed by atoms with van der Waals surface area (Å²) in [5, 5.41) is 0. The van der Waals surface area contributed by atoms with Gasteiger partial charge < -0.3 is 0 Å². The van der Waals surface area contributed by atoms with Crippen LogP contribution in [-0.2, 0) is 16.6 Å². The molecule has 1 heteroatoms. The molecule has 14 heavy (non-hydrogen) atoms. The number of rotatable bonds is 0. The molecule has 2 aliphatic carbocycles. The lowest BCUT2D eigenvalue weighted by Gasteiger charge is -2.44. The fourth-order valence-corrected chi connectivity index (χ4v) is 3.00. The van der Waals surface area contributed by atoms with Gasteiger partial charge in [0.15, 0.2) is 0 Å². The average molecular weight is 186 g/mol. The van der Waals surface area contributed by atoms with Crippen LogP contribution in [-0.4, -0.2) is 5.78 Å². The minimum Gasteiger partial charge on any atom is -0.299 e. The molecule has 3 rings (SSSR count). The van der Waals surface area contributed by atoms with E-state index < -0.39 is 0 Å². The van der Waals surface area contributed by atoms with Crippen molar-refractivity contribution >= 4 is 5.78 Å². The molecule has 2 aliphatic rings. The first-order valence-corrected chi connectivity index (χ1v) is 5.45. The van der Waals surface area contributed by atoms with Crippen LogP contribution >= 0.6 is 0 Å². The Hall–Kier alpha value is -1.11. The molecule has 0 N–H and O–H groups in total. The van der Waals surface area contributed by atoms with Crippen molar-refractivity contribution in [2.45, 2.75) is 37.5 Å². The maximum Gasteiger partial charge on any atom is 0.143 e. The summed E-state index contributed by atoms with van der Waals surface area (Å²) in [4.78, 5) is 11.8. The highest BCUT2D eigenvalue weighted by atomic mass is 16.1. The van der Waals surface area contributed by atoms with E-state index in [9.17, 15) is 4.79 Å². The molecule has 0 saturated heterocycles. The van der Waals surface area contributed by atoms with Crippen molar-refractivity contribution in [3.8, 4) is 0 Å². The van der Waals surface area contributed by atoms with Gasteiger partial charge in [0.25, 0.3) is 0 Å². The predicted molar refractivity (Wildman–Crippen MR) is 55.3 cm³/mol. The zero-order valence-corrected chi connectivity index (χ0v) is 8.25. The molecule has 72 valence electrons. The van der Waals surface area contributed by atoms with Crippen LogP contribution in [0.1, 0.15) is 36.8 Å². The SMILES string of the molecule is O=C1CCC12CCCc1ccccc12. The molecule has 1 saturated carbocycles. The van der Waals surface area contributed by atoms with Crippen LogP contribution in [0.25, 0.3) is 0 Å². The topological polar surface area (TPSA) is 17.1 Å². The van der Waals surface area contributed by atoms with E-state index in [-0.39, 0.29) is 5.41 Å². The molecule has 1 aromatic rings. The molecular weight excluding hydrogens is 172 g/mol. The molecule has 0 bridgehead atoms. The number of carbonyl (C=O) groups is 1. The van der Waals surface area contributed by atoms with Crippen LogP contribution in [0.15, 0.2) is 24.3 Å². The van der Waals surface area contributed by atoms with Crippen molar-refractivity contribution in [3.05, 3.63) is 35.4 Å². The van der Waals surface area contributed by atoms with Gasteiger partial charge in [0, 0.05) is 6.42 Å². The van der Waals surface area contributed by atoms with Gasteiger partial charge in [-0.05, 0) is 36.8 Å². The van der Waals surface area contributed by atoms with Crippen molar-refractivity contribution in [2.75, 3.05) is 0 Å². The molecule has 1 spiro atoms. The molecular formula is C13H14O. The number of carbonyl (C=O) groups excluding carboxylic acids is 1. The van der Waals surface area contributed by atoms with E-state index in [0.29, 0.717) is 5.78 Å². The lowest BCUT2D eigenvalue weighted by Crippen LogP contribution is -2.47. The molecule has 0 aliphatic heterocycles.